The van der Waals surface area contributed by atoms with E-state index in [0.29, 0.717) is 22.4 Å². The molecule has 25 heavy (non-hydrogen) atoms. The van der Waals surface area contributed by atoms with Crippen LogP contribution in [0.1, 0.15) is 6.92 Å². The summed E-state index contributed by atoms with van der Waals surface area (Å²) in [6.45, 7) is 1.63. The van der Waals surface area contributed by atoms with Crippen LogP contribution in [0, 0.1) is 0 Å². The molecule has 0 saturated heterocycles. The first kappa shape index (κ1) is 17.0. The largest absolute Gasteiger partial charge is 0.479 e. The van der Waals surface area contributed by atoms with Crippen molar-refractivity contribution in [2.45, 2.75) is 13.0 Å². The summed E-state index contributed by atoms with van der Waals surface area (Å²) in [5, 5.41) is 1.61. The van der Waals surface area contributed by atoms with Gasteiger partial charge in [-0.3, -0.25) is 0 Å². The second kappa shape index (κ2) is 7.40. The zero-order chi connectivity index (χ0) is 17.8. The number of esters is 1. The number of hydrogen-bond acceptors (Lipinski definition) is 5. The highest BCUT2D eigenvalue weighted by Crippen LogP contribution is 2.26. The van der Waals surface area contributed by atoms with Crippen LogP contribution in [-0.2, 0) is 9.53 Å². The zero-order valence-electron chi connectivity index (χ0n) is 13.7. The van der Waals surface area contributed by atoms with E-state index in [4.69, 9.17) is 21.1 Å². The van der Waals surface area contributed by atoms with Crippen molar-refractivity contribution in [3.8, 4) is 17.4 Å². The molecule has 5 nitrogen and oxygen atoms in total. The molecule has 6 heteroatoms. The number of carbonyl (C=O) groups excluding carboxylic acids is 1. The average Bonchev–Trinajstić information content (AvgIpc) is 2.62. The maximum Gasteiger partial charge on any atom is 0.346 e. The summed E-state index contributed by atoms with van der Waals surface area (Å²) >= 11 is 5.97. The predicted octanol–water partition coefficient (Wildman–Crippen LogP) is 4.62. The van der Waals surface area contributed by atoms with Crippen molar-refractivity contribution in [3.63, 3.8) is 0 Å². The van der Waals surface area contributed by atoms with E-state index < -0.39 is 12.1 Å². The van der Waals surface area contributed by atoms with Gasteiger partial charge in [0.2, 0.25) is 5.88 Å². The number of halogens is 1. The fourth-order valence-corrected chi connectivity index (χ4v) is 2.44. The average molecular weight is 358 g/mol. The minimum atomic E-state index is -0.675. The molecule has 2 aromatic carbocycles. The van der Waals surface area contributed by atoms with Crippen molar-refractivity contribution in [2.24, 2.45) is 0 Å². The van der Waals surface area contributed by atoms with Crippen LogP contribution in [-0.4, -0.2) is 24.2 Å². The molecule has 0 bridgehead atoms. The molecule has 3 aromatic rings. The van der Waals surface area contributed by atoms with Gasteiger partial charge in [-0.2, -0.15) is 0 Å². The van der Waals surface area contributed by atoms with Gasteiger partial charge in [-0.05, 0) is 55.5 Å². The molecule has 0 aliphatic carbocycles. The molecule has 0 radical (unpaired) electrons. The number of aromatic nitrogens is 1. The second-order valence-corrected chi connectivity index (χ2v) is 5.78. The highest BCUT2D eigenvalue weighted by atomic mass is 35.5. The Hall–Kier alpha value is -2.79. The highest BCUT2D eigenvalue weighted by Gasteiger charge is 2.14. The lowest BCUT2D eigenvalue weighted by Gasteiger charge is -2.12. The molecule has 3 rings (SSSR count). The Morgan fingerprint density at radius 2 is 1.76 bits per heavy atom. The molecule has 1 aromatic heterocycles. The normalized spacial score (nSPS) is 11.8. The van der Waals surface area contributed by atoms with Gasteiger partial charge in [-0.25, -0.2) is 9.78 Å². The van der Waals surface area contributed by atoms with Gasteiger partial charge in [0.25, 0.3) is 0 Å². The summed E-state index contributed by atoms with van der Waals surface area (Å²) in [5.74, 6) is 1.21. The second-order valence-electron chi connectivity index (χ2n) is 5.34. The SMILES string of the molecule is COC(=O)C(C)Oc1ccc(Oc2ccc3cc(Cl)ccc3n2)cc1. The molecule has 1 unspecified atom stereocenters. The number of benzene rings is 2. The molecular weight excluding hydrogens is 342 g/mol. The van der Waals surface area contributed by atoms with Crippen LogP contribution < -0.4 is 9.47 Å². The van der Waals surface area contributed by atoms with E-state index in [1.807, 2.05) is 18.2 Å². The smallest absolute Gasteiger partial charge is 0.346 e. The van der Waals surface area contributed by atoms with Crippen molar-refractivity contribution >= 4 is 28.5 Å². The van der Waals surface area contributed by atoms with E-state index in [1.165, 1.54) is 7.11 Å². The van der Waals surface area contributed by atoms with Gasteiger partial charge in [0.15, 0.2) is 6.10 Å². The van der Waals surface area contributed by atoms with Gasteiger partial charge in [-0.15, -0.1) is 0 Å². The molecule has 128 valence electrons. The first-order valence-electron chi connectivity index (χ1n) is 7.64. The van der Waals surface area contributed by atoms with Crippen molar-refractivity contribution in [2.75, 3.05) is 7.11 Å². The number of methoxy groups -OCH3 is 1. The Kier molecular flexibility index (Phi) is 5.05. The van der Waals surface area contributed by atoms with Crippen molar-refractivity contribution in [1.29, 1.82) is 0 Å². The van der Waals surface area contributed by atoms with Crippen molar-refractivity contribution in [1.82, 2.24) is 4.98 Å². The minimum Gasteiger partial charge on any atom is -0.479 e. The lowest BCUT2D eigenvalue weighted by molar-refractivity contribution is -0.147. The maximum atomic E-state index is 11.4. The molecule has 1 atom stereocenters. The summed E-state index contributed by atoms with van der Waals surface area (Å²) in [4.78, 5) is 15.8. The van der Waals surface area contributed by atoms with Crippen molar-refractivity contribution < 1.29 is 19.0 Å². The van der Waals surface area contributed by atoms with Gasteiger partial charge in [0, 0.05) is 16.5 Å². The van der Waals surface area contributed by atoms with Gasteiger partial charge in [-0.1, -0.05) is 11.6 Å². The fourth-order valence-electron chi connectivity index (χ4n) is 2.26. The molecule has 0 aliphatic heterocycles. The van der Waals surface area contributed by atoms with Crippen LogP contribution in [0.25, 0.3) is 10.9 Å². The number of fused-ring (bicyclic) bond motifs is 1. The number of pyridine rings is 1. The van der Waals surface area contributed by atoms with Crippen LogP contribution in [0.3, 0.4) is 0 Å². The topological polar surface area (TPSA) is 57.7 Å². The quantitative estimate of drug-likeness (QED) is 0.623. The van der Waals surface area contributed by atoms with E-state index >= 15 is 0 Å². The Morgan fingerprint density at radius 3 is 2.48 bits per heavy atom. The lowest BCUT2D eigenvalue weighted by Crippen LogP contribution is -2.24. The number of carbonyl (C=O) groups is 1. The molecule has 0 amide bonds. The number of rotatable bonds is 5. The van der Waals surface area contributed by atoms with Crippen LogP contribution in [0.2, 0.25) is 5.02 Å². The third-order valence-corrected chi connectivity index (χ3v) is 3.75. The van der Waals surface area contributed by atoms with E-state index in [1.54, 1.807) is 43.3 Å². The van der Waals surface area contributed by atoms with Gasteiger partial charge in [0.05, 0.1) is 12.6 Å². The van der Waals surface area contributed by atoms with Gasteiger partial charge >= 0.3 is 5.97 Å². The molecule has 0 saturated carbocycles. The van der Waals surface area contributed by atoms with Crippen LogP contribution >= 0.6 is 11.6 Å². The Balaban J connectivity index is 1.71. The number of hydrogen-bond donors (Lipinski definition) is 0. The minimum absolute atomic E-state index is 0.430. The monoisotopic (exact) mass is 357 g/mol. The summed E-state index contributed by atoms with van der Waals surface area (Å²) in [6, 6.07) is 16.1. The number of nitrogens with zero attached hydrogens (tertiary/aromatic N) is 1. The molecule has 0 spiro atoms. The van der Waals surface area contributed by atoms with Crippen LogP contribution in [0.15, 0.2) is 54.6 Å². The summed E-state index contributed by atoms with van der Waals surface area (Å²) in [5.41, 5.74) is 0.800. The summed E-state index contributed by atoms with van der Waals surface area (Å²) < 4.78 is 15.9. The highest BCUT2D eigenvalue weighted by molar-refractivity contribution is 6.31. The Labute approximate surface area is 150 Å². The summed E-state index contributed by atoms with van der Waals surface area (Å²) in [6.07, 6.45) is -0.675. The van der Waals surface area contributed by atoms with Gasteiger partial charge < -0.3 is 14.2 Å². The zero-order valence-corrected chi connectivity index (χ0v) is 14.5. The molecule has 1 heterocycles. The number of ether oxygens (including phenoxy) is 3. The third kappa shape index (κ3) is 4.19. The van der Waals surface area contributed by atoms with E-state index in [-0.39, 0.29) is 0 Å². The molecule has 0 N–H and O–H groups in total. The molecular formula is C19H16ClNO4. The van der Waals surface area contributed by atoms with Crippen molar-refractivity contribution in [3.05, 3.63) is 59.6 Å². The first-order valence-corrected chi connectivity index (χ1v) is 8.01. The molecule has 0 fully saturated rings. The van der Waals surface area contributed by atoms with E-state index in [2.05, 4.69) is 9.72 Å². The predicted molar refractivity (Wildman–Crippen MR) is 95.4 cm³/mol. The fraction of sp³-hybridized carbons (Fsp3) is 0.158. The first-order chi connectivity index (χ1) is 12.0. The Morgan fingerprint density at radius 1 is 1.04 bits per heavy atom. The third-order valence-electron chi connectivity index (χ3n) is 3.52. The molecule has 0 aliphatic rings. The Bertz CT molecular complexity index is 896. The standard InChI is InChI=1S/C19H16ClNO4/c1-12(19(22)23-2)24-15-5-7-16(8-6-15)25-18-10-3-13-11-14(20)4-9-17(13)21-18/h3-12H,1-2H3. The maximum absolute atomic E-state index is 11.4. The van der Waals surface area contributed by atoms with E-state index in [9.17, 15) is 4.79 Å². The van der Waals surface area contributed by atoms with Crippen LogP contribution in [0.5, 0.6) is 17.4 Å². The van der Waals surface area contributed by atoms with Crippen LogP contribution in [0.4, 0.5) is 0 Å². The summed E-state index contributed by atoms with van der Waals surface area (Å²) in [7, 11) is 1.32. The van der Waals surface area contributed by atoms with Gasteiger partial charge in [0.1, 0.15) is 11.5 Å². The van der Waals surface area contributed by atoms with E-state index in [0.717, 1.165) is 10.9 Å². The lowest BCUT2D eigenvalue weighted by atomic mass is 10.2.